The molecule has 0 spiro atoms. The smallest absolute Gasteiger partial charge is 0.129 e. The summed E-state index contributed by atoms with van der Waals surface area (Å²) in [7, 11) is 0. The van der Waals surface area contributed by atoms with Gasteiger partial charge in [0.1, 0.15) is 11.6 Å². The summed E-state index contributed by atoms with van der Waals surface area (Å²) in [5.74, 6) is 2.77. The molecule has 1 aliphatic rings. The van der Waals surface area contributed by atoms with E-state index in [0.717, 1.165) is 17.6 Å². The highest BCUT2D eigenvalue weighted by atomic mass is 15.0. The summed E-state index contributed by atoms with van der Waals surface area (Å²) in [6, 6.07) is 2.57. The van der Waals surface area contributed by atoms with Gasteiger partial charge in [-0.15, -0.1) is 0 Å². The summed E-state index contributed by atoms with van der Waals surface area (Å²) in [6.07, 6.45) is 8.43. The Bertz CT molecular complexity index is 330. The number of anilines is 1. The maximum Gasteiger partial charge on any atom is 0.129 e. The molecule has 2 rings (SSSR count). The molecule has 0 amide bonds. The van der Waals surface area contributed by atoms with Gasteiger partial charge in [0.15, 0.2) is 0 Å². The topological polar surface area (TPSA) is 37.8 Å². The van der Waals surface area contributed by atoms with E-state index in [9.17, 15) is 0 Å². The van der Waals surface area contributed by atoms with Crippen LogP contribution in [-0.4, -0.2) is 16.0 Å². The largest absolute Gasteiger partial charge is 0.367 e. The molecule has 1 aromatic heterocycles. The van der Waals surface area contributed by atoms with Gasteiger partial charge in [0, 0.05) is 12.2 Å². The van der Waals surface area contributed by atoms with Crippen molar-refractivity contribution >= 4 is 5.82 Å². The third-order valence-electron chi connectivity index (χ3n) is 3.55. The molecule has 88 valence electrons. The maximum absolute atomic E-state index is 4.38. The van der Waals surface area contributed by atoms with Gasteiger partial charge in [-0.1, -0.05) is 13.3 Å². The monoisotopic (exact) mass is 219 g/mol. The molecule has 0 aromatic carbocycles. The third-order valence-corrected chi connectivity index (χ3v) is 3.55. The van der Waals surface area contributed by atoms with Crippen LogP contribution in [0.3, 0.4) is 0 Å². The lowest BCUT2D eigenvalue weighted by Gasteiger charge is -2.28. The van der Waals surface area contributed by atoms with Crippen molar-refractivity contribution in [2.45, 2.75) is 52.0 Å². The van der Waals surface area contributed by atoms with Crippen LogP contribution in [0.2, 0.25) is 0 Å². The molecule has 0 unspecified atom stereocenters. The van der Waals surface area contributed by atoms with E-state index in [0.29, 0.717) is 6.04 Å². The number of aromatic nitrogens is 2. The van der Waals surface area contributed by atoms with E-state index in [4.69, 9.17) is 0 Å². The molecule has 3 nitrogen and oxygen atoms in total. The first-order valence-electron chi connectivity index (χ1n) is 6.34. The minimum Gasteiger partial charge on any atom is -0.367 e. The fraction of sp³-hybridized carbons (Fsp3) is 0.692. The molecule has 0 atom stereocenters. The van der Waals surface area contributed by atoms with Crippen LogP contribution in [0.5, 0.6) is 0 Å². The molecular weight excluding hydrogens is 198 g/mol. The molecule has 0 radical (unpaired) electrons. The highest BCUT2D eigenvalue weighted by Crippen LogP contribution is 2.27. The van der Waals surface area contributed by atoms with E-state index in [1.54, 1.807) is 0 Å². The predicted molar refractivity (Wildman–Crippen MR) is 66.4 cm³/mol. The molecule has 1 heterocycles. The number of hydrogen-bond donors (Lipinski definition) is 1. The predicted octanol–water partition coefficient (Wildman–Crippen LogP) is 3.17. The van der Waals surface area contributed by atoms with Crippen LogP contribution in [0.15, 0.2) is 12.3 Å². The lowest BCUT2D eigenvalue weighted by Crippen LogP contribution is -2.26. The summed E-state index contributed by atoms with van der Waals surface area (Å²) >= 11 is 0. The van der Waals surface area contributed by atoms with E-state index in [2.05, 4.69) is 22.2 Å². The van der Waals surface area contributed by atoms with Gasteiger partial charge < -0.3 is 5.32 Å². The van der Waals surface area contributed by atoms with Crippen molar-refractivity contribution in [3.8, 4) is 0 Å². The van der Waals surface area contributed by atoms with Crippen LogP contribution < -0.4 is 5.32 Å². The van der Waals surface area contributed by atoms with Crippen molar-refractivity contribution in [3.63, 3.8) is 0 Å². The van der Waals surface area contributed by atoms with Gasteiger partial charge >= 0.3 is 0 Å². The van der Waals surface area contributed by atoms with Crippen molar-refractivity contribution in [2.24, 2.45) is 5.92 Å². The minimum absolute atomic E-state index is 0.608. The molecule has 0 saturated heterocycles. The molecule has 1 fully saturated rings. The number of hydrogen-bond acceptors (Lipinski definition) is 3. The van der Waals surface area contributed by atoms with E-state index >= 15 is 0 Å². The summed E-state index contributed by atoms with van der Waals surface area (Å²) < 4.78 is 0. The van der Waals surface area contributed by atoms with E-state index in [1.807, 2.05) is 19.2 Å². The van der Waals surface area contributed by atoms with E-state index < -0.39 is 0 Å². The fourth-order valence-corrected chi connectivity index (χ4v) is 2.46. The first-order valence-corrected chi connectivity index (χ1v) is 6.34. The number of nitrogens with zero attached hydrogens (tertiary/aromatic N) is 2. The lowest BCUT2D eigenvalue weighted by atomic mass is 9.84. The SMILES string of the molecule is CCC1CCC(Nc2ccnc(C)n2)CC1. The molecule has 16 heavy (non-hydrogen) atoms. The Balaban J connectivity index is 1.87. The van der Waals surface area contributed by atoms with Gasteiger partial charge in [-0.05, 0) is 44.6 Å². The van der Waals surface area contributed by atoms with Crippen molar-refractivity contribution in [1.82, 2.24) is 9.97 Å². The number of nitrogens with one attached hydrogen (secondary N) is 1. The second kappa shape index (κ2) is 5.28. The Morgan fingerprint density at radius 1 is 1.31 bits per heavy atom. The molecule has 1 aliphatic carbocycles. The van der Waals surface area contributed by atoms with Crippen LogP contribution in [-0.2, 0) is 0 Å². The van der Waals surface area contributed by atoms with Gasteiger partial charge in [-0.2, -0.15) is 0 Å². The molecule has 1 aromatic rings. The summed E-state index contributed by atoms with van der Waals surface area (Å²) in [5, 5.41) is 3.52. The maximum atomic E-state index is 4.38. The number of rotatable bonds is 3. The van der Waals surface area contributed by atoms with Crippen molar-refractivity contribution < 1.29 is 0 Å². The average Bonchev–Trinajstić information content (AvgIpc) is 2.30. The zero-order valence-corrected chi connectivity index (χ0v) is 10.2. The van der Waals surface area contributed by atoms with Crippen LogP contribution >= 0.6 is 0 Å². The second-order valence-corrected chi connectivity index (χ2v) is 4.76. The molecule has 1 saturated carbocycles. The quantitative estimate of drug-likeness (QED) is 0.848. The van der Waals surface area contributed by atoms with E-state index in [-0.39, 0.29) is 0 Å². The zero-order valence-electron chi connectivity index (χ0n) is 10.2. The summed E-state index contributed by atoms with van der Waals surface area (Å²) in [4.78, 5) is 8.49. The van der Waals surface area contributed by atoms with Crippen LogP contribution in [0, 0.1) is 12.8 Å². The number of aryl methyl sites for hydroxylation is 1. The van der Waals surface area contributed by atoms with Crippen molar-refractivity contribution in [2.75, 3.05) is 5.32 Å². The third kappa shape index (κ3) is 2.94. The lowest BCUT2D eigenvalue weighted by molar-refractivity contribution is 0.330. The Kier molecular flexibility index (Phi) is 3.75. The Morgan fingerprint density at radius 3 is 2.69 bits per heavy atom. The molecule has 3 heteroatoms. The highest BCUT2D eigenvalue weighted by Gasteiger charge is 2.19. The first kappa shape index (κ1) is 11.4. The standard InChI is InChI=1S/C13H21N3/c1-3-11-4-6-12(7-5-11)16-13-8-9-14-10(2)15-13/h8-9,11-12H,3-7H2,1-2H3,(H,14,15,16). The van der Waals surface area contributed by atoms with Crippen molar-refractivity contribution in [1.29, 1.82) is 0 Å². The minimum atomic E-state index is 0.608. The first-order chi connectivity index (χ1) is 7.78. The van der Waals surface area contributed by atoms with Crippen LogP contribution in [0.4, 0.5) is 5.82 Å². The van der Waals surface area contributed by atoms with Gasteiger partial charge in [0.05, 0.1) is 0 Å². The molecular formula is C13H21N3. The summed E-state index contributed by atoms with van der Waals surface area (Å²) in [6.45, 7) is 4.23. The Morgan fingerprint density at radius 2 is 2.06 bits per heavy atom. The van der Waals surface area contributed by atoms with E-state index in [1.165, 1.54) is 32.1 Å². The van der Waals surface area contributed by atoms with Gasteiger partial charge in [0.25, 0.3) is 0 Å². The van der Waals surface area contributed by atoms with Crippen LogP contribution in [0.1, 0.15) is 44.9 Å². The zero-order chi connectivity index (χ0) is 11.4. The summed E-state index contributed by atoms with van der Waals surface area (Å²) in [5.41, 5.74) is 0. The Labute approximate surface area is 97.7 Å². The van der Waals surface area contributed by atoms with Crippen molar-refractivity contribution in [3.05, 3.63) is 18.1 Å². The van der Waals surface area contributed by atoms with Gasteiger partial charge in [0.2, 0.25) is 0 Å². The van der Waals surface area contributed by atoms with Gasteiger partial charge in [-0.25, -0.2) is 9.97 Å². The molecule has 1 N–H and O–H groups in total. The van der Waals surface area contributed by atoms with Crippen LogP contribution in [0.25, 0.3) is 0 Å². The highest BCUT2D eigenvalue weighted by molar-refractivity contribution is 5.34. The second-order valence-electron chi connectivity index (χ2n) is 4.76. The normalized spacial score (nSPS) is 25.4. The average molecular weight is 219 g/mol. The Hall–Kier alpha value is -1.12. The molecule has 0 aliphatic heterocycles. The molecule has 0 bridgehead atoms. The van der Waals surface area contributed by atoms with Gasteiger partial charge in [-0.3, -0.25) is 0 Å². The fourth-order valence-electron chi connectivity index (χ4n) is 2.46.